The molecule has 0 unspecified atom stereocenters. The van der Waals surface area contributed by atoms with E-state index in [0.29, 0.717) is 18.3 Å². The van der Waals surface area contributed by atoms with Gasteiger partial charge in [0.15, 0.2) is 5.78 Å². The van der Waals surface area contributed by atoms with Crippen molar-refractivity contribution in [2.45, 2.75) is 46.6 Å². The molecule has 1 aromatic rings. The number of aryl methyl sites for hydroxylation is 1. The van der Waals surface area contributed by atoms with Crippen LogP contribution in [0.3, 0.4) is 0 Å². The normalized spacial score (nSPS) is 11.1. The van der Waals surface area contributed by atoms with Crippen molar-refractivity contribution in [1.82, 2.24) is 4.57 Å². The Labute approximate surface area is 103 Å². The largest absolute Gasteiger partial charge is 0.346 e. The molecule has 1 heterocycles. The Bertz CT molecular complexity index is 380. The summed E-state index contributed by atoms with van der Waals surface area (Å²) in [6, 6.07) is 2.39. The summed E-state index contributed by atoms with van der Waals surface area (Å²) < 4.78 is 2.20. The van der Waals surface area contributed by atoms with E-state index in [-0.39, 0.29) is 5.78 Å². The highest BCUT2D eigenvalue weighted by molar-refractivity contribution is 6.18. The summed E-state index contributed by atoms with van der Waals surface area (Å²) >= 11 is 5.60. The number of ketones is 1. The fourth-order valence-electron chi connectivity index (χ4n) is 2.22. The van der Waals surface area contributed by atoms with Gasteiger partial charge in [0, 0.05) is 35.3 Å². The highest BCUT2D eigenvalue weighted by atomic mass is 35.5. The minimum atomic E-state index is 0.209. The lowest BCUT2D eigenvalue weighted by atomic mass is 10.1. The fourth-order valence-corrected chi connectivity index (χ4v) is 2.35. The molecule has 0 aliphatic carbocycles. The first kappa shape index (κ1) is 13.3. The molecular formula is C13H20ClNO. The molecule has 0 radical (unpaired) electrons. The molecule has 0 saturated heterocycles. The Morgan fingerprint density at radius 3 is 2.50 bits per heavy atom. The van der Waals surface area contributed by atoms with Gasteiger partial charge in [0.05, 0.1) is 0 Å². The second-order valence-electron chi connectivity index (χ2n) is 4.46. The first-order valence-electron chi connectivity index (χ1n) is 5.76. The topological polar surface area (TPSA) is 22.0 Å². The molecule has 0 aliphatic heterocycles. The van der Waals surface area contributed by atoms with Crippen LogP contribution in [0.1, 0.15) is 54.5 Å². The zero-order valence-corrected chi connectivity index (χ0v) is 11.3. The van der Waals surface area contributed by atoms with E-state index in [4.69, 9.17) is 11.6 Å². The van der Waals surface area contributed by atoms with Gasteiger partial charge >= 0.3 is 0 Å². The third-order valence-electron chi connectivity index (χ3n) is 2.84. The maximum atomic E-state index is 11.9. The van der Waals surface area contributed by atoms with Crippen molar-refractivity contribution in [2.24, 2.45) is 0 Å². The van der Waals surface area contributed by atoms with E-state index in [9.17, 15) is 4.79 Å². The van der Waals surface area contributed by atoms with Crippen LogP contribution in [0.5, 0.6) is 0 Å². The van der Waals surface area contributed by atoms with Gasteiger partial charge < -0.3 is 4.57 Å². The number of carbonyl (C=O) groups excluding carboxylic acids is 1. The van der Waals surface area contributed by atoms with Crippen LogP contribution in [-0.4, -0.2) is 16.2 Å². The van der Waals surface area contributed by atoms with Crippen molar-refractivity contribution in [3.63, 3.8) is 0 Å². The van der Waals surface area contributed by atoms with Gasteiger partial charge in [0.2, 0.25) is 0 Å². The van der Waals surface area contributed by atoms with Crippen molar-refractivity contribution in [1.29, 1.82) is 0 Å². The predicted octanol–water partition coefficient (Wildman–Crippen LogP) is 3.89. The monoisotopic (exact) mass is 241 g/mol. The second kappa shape index (κ2) is 5.53. The summed E-state index contributed by atoms with van der Waals surface area (Å²) in [5, 5.41) is 0. The molecule has 2 nitrogen and oxygen atoms in total. The molecule has 0 saturated carbocycles. The van der Waals surface area contributed by atoms with Gasteiger partial charge in [-0.15, -0.1) is 11.6 Å². The maximum absolute atomic E-state index is 11.9. The van der Waals surface area contributed by atoms with Gasteiger partial charge in [-0.25, -0.2) is 0 Å². The van der Waals surface area contributed by atoms with Gasteiger partial charge in [-0.05, 0) is 40.2 Å². The Morgan fingerprint density at radius 1 is 1.44 bits per heavy atom. The molecule has 0 atom stereocenters. The Kier molecular flexibility index (Phi) is 4.60. The third kappa shape index (κ3) is 2.67. The molecule has 1 rings (SSSR count). The van der Waals surface area contributed by atoms with E-state index in [2.05, 4.69) is 18.4 Å². The van der Waals surface area contributed by atoms with Gasteiger partial charge in [-0.3, -0.25) is 4.79 Å². The van der Waals surface area contributed by atoms with Gasteiger partial charge in [-0.1, -0.05) is 0 Å². The third-order valence-corrected chi connectivity index (χ3v) is 3.11. The SMILES string of the molecule is Cc1cc(C(=O)CCCCl)c(C)n1C(C)C. The van der Waals surface area contributed by atoms with Crippen LogP contribution in [0.15, 0.2) is 6.07 Å². The van der Waals surface area contributed by atoms with E-state index in [1.807, 2.05) is 19.9 Å². The summed E-state index contributed by atoms with van der Waals surface area (Å²) in [5.74, 6) is 0.759. The van der Waals surface area contributed by atoms with Crippen LogP contribution in [0.25, 0.3) is 0 Å². The molecule has 16 heavy (non-hydrogen) atoms. The fraction of sp³-hybridized carbons (Fsp3) is 0.615. The highest BCUT2D eigenvalue weighted by Crippen LogP contribution is 2.21. The first-order valence-corrected chi connectivity index (χ1v) is 6.30. The van der Waals surface area contributed by atoms with Gasteiger partial charge in [0.1, 0.15) is 0 Å². The highest BCUT2D eigenvalue weighted by Gasteiger charge is 2.16. The molecule has 0 amide bonds. The number of nitrogens with zero attached hydrogens (tertiary/aromatic N) is 1. The zero-order chi connectivity index (χ0) is 12.3. The first-order chi connectivity index (χ1) is 7.49. The lowest BCUT2D eigenvalue weighted by molar-refractivity contribution is 0.0981. The van der Waals surface area contributed by atoms with Crippen LogP contribution >= 0.6 is 11.6 Å². The van der Waals surface area contributed by atoms with Crippen molar-refractivity contribution in [3.05, 3.63) is 23.0 Å². The molecule has 1 aromatic heterocycles. The number of carbonyl (C=O) groups is 1. The van der Waals surface area contributed by atoms with E-state index in [1.54, 1.807) is 0 Å². The Hall–Kier alpha value is -0.760. The lowest BCUT2D eigenvalue weighted by Gasteiger charge is -2.13. The standard InChI is InChI=1S/C13H20ClNO/c1-9(2)15-10(3)8-12(11(15)4)13(16)6-5-7-14/h8-9H,5-7H2,1-4H3. The quantitative estimate of drug-likeness (QED) is 0.566. The molecule has 0 fully saturated rings. The van der Waals surface area contributed by atoms with Crippen LogP contribution in [0.2, 0.25) is 0 Å². The number of hydrogen-bond acceptors (Lipinski definition) is 1. The molecule has 0 N–H and O–H groups in total. The van der Waals surface area contributed by atoms with Crippen LogP contribution in [-0.2, 0) is 0 Å². The number of aromatic nitrogens is 1. The summed E-state index contributed by atoms with van der Waals surface area (Å²) in [4.78, 5) is 11.9. The number of alkyl halides is 1. The average Bonchev–Trinajstić information content (AvgIpc) is 2.50. The molecule has 0 aliphatic rings. The van der Waals surface area contributed by atoms with Crippen molar-refractivity contribution < 1.29 is 4.79 Å². The van der Waals surface area contributed by atoms with Crippen molar-refractivity contribution in [2.75, 3.05) is 5.88 Å². The minimum absolute atomic E-state index is 0.209. The predicted molar refractivity (Wildman–Crippen MR) is 68.6 cm³/mol. The van der Waals surface area contributed by atoms with Crippen LogP contribution in [0.4, 0.5) is 0 Å². The maximum Gasteiger partial charge on any atom is 0.164 e. The Morgan fingerprint density at radius 2 is 2.06 bits per heavy atom. The van der Waals surface area contributed by atoms with E-state index in [1.165, 1.54) is 0 Å². The van der Waals surface area contributed by atoms with E-state index >= 15 is 0 Å². The lowest BCUT2D eigenvalue weighted by Crippen LogP contribution is -2.07. The van der Waals surface area contributed by atoms with Gasteiger partial charge in [0.25, 0.3) is 0 Å². The van der Waals surface area contributed by atoms with Gasteiger partial charge in [-0.2, -0.15) is 0 Å². The molecule has 3 heteroatoms. The smallest absolute Gasteiger partial charge is 0.164 e. The number of Topliss-reactive ketones (excluding diaryl/α,β-unsaturated/α-hetero) is 1. The van der Waals surface area contributed by atoms with E-state index < -0.39 is 0 Å². The molecule has 0 spiro atoms. The van der Waals surface area contributed by atoms with Crippen LogP contribution < -0.4 is 0 Å². The summed E-state index contributed by atoms with van der Waals surface area (Å²) in [7, 11) is 0. The van der Waals surface area contributed by atoms with Crippen molar-refractivity contribution >= 4 is 17.4 Å². The molecular weight excluding hydrogens is 222 g/mol. The minimum Gasteiger partial charge on any atom is -0.346 e. The molecule has 0 bridgehead atoms. The number of hydrogen-bond donors (Lipinski definition) is 0. The molecule has 90 valence electrons. The second-order valence-corrected chi connectivity index (χ2v) is 4.84. The number of rotatable bonds is 5. The summed E-state index contributed by atoms with van der Waals surface area (Å²) in [6.45, 7) is 8.33. The molecule has 0 aromatic carbocycles. The van der Waals surface area contributed by atoms with Crippen LogP contribution in [0, 0.1) is 13.8 Å². The van der Waals surface area contributed by atoms with E-state index in [0.717, 1.165) is 23.4 Å². The Balaban J connectivity index is 2.98. The zero-order valence-electron chi connectivity index (χ0n) is 10.5. The average molecular weight is 242 g/mol. The van der Waals surface area contributed by atoms with Crippen molar-refractivity contribution in [3.8, 4) is 0 Å². The summed E-state index contributed by atoms with van der Waals surface area (Å²) in [6.07, 6.45) is 1.30. The number of halogens is 1. The summed E-state index contributed by atoms with van der Waals surface area (Å²) in [5.41, 5.74) is 3.09.